The van der Waals surface area contributed by atoms with E-state index in [1.54, 1.807) is 0 Å². The summed E-state index contributed by atoms with van der Waals surface area (Å²) >= 11 is 0. The van der Waals surface area contributed by atoms with E-state index in [0.29, 0.717) is 0 Å². The minimum atomic E-state index is 0. The summed E-state index contributed by atoms with van der Waals surface area (Å²) in [5.74, 6) is 0.994. The maximum Gasteiger partial charge on any atom is 1.00 e. The molecule has 0 N–H and O–H groups in total. The number of hydrogen-bond acceptors (Lipinski definition) is 2. The van der Waals surface area contributed by atoms with Crippen LogP contribution in [0.5, 0.6) is 5.75 Å². The summed E-state index contributed by atoms with van der Waals surface area (Å²) in [7, 11) is 4.11. The molecule has 0 spiro atoms. The van der Waals surface area contributed by atoms with Gasteiger partial charge in [-0.05, 0) is 31.3 Å². The van der Waals surface area contributed by atoms with Gasteiger partial charge in [0.25, 0.3) is 0 Å². The summed E-state index contributed by atoms with van der Waals surface area (Å²) in [6.45, 7) is 1.65. The Labute approximate surface area is 118 Å². The Kier molecular flexibility index (Phi) is 4.99. The van der Waals surface area contributed by atoms with Crippen molar-refractivity contribution in [3.05, 3.63) is 65.7 Å². The van der Waals surface area contributed by atoms with Gasteiger partial charge in [-0.2, -0.15) is 0 Å². The number of rotatable bonds is 6. The molecule has 2 aromatic carbocycles. The third-order valence-corrected chi connectivity index (χ3v) is 3.01. The molecule has 0 radical (unpaired) electrons. The SMILES string of the molecule is CN(C)CCOc1ccccc1Cc1ccccc1.[H+].[H+]. The molecule has 0 bridgehead atoms. The summed E-state index contributed by atoms with van der Waals surface area (Å²) in [4.78, 5) is 2.12. The average Bonchev–Trinajstić information content (AvgIpc) is 2.41. The monoisotopic (exact) mass is 257 g/mol. The second kappa shape index (κ2) is 6.95. The predicted octanol–water partition coefficient (Wildman–Crippen LogP) is 3.44. The number of likely N-dealkylation sites (N-methyl/N-ethyl adjacent to an activating group) is 1. The zero-order valence-electron chi connectivity index (χ0n) is 13.7. The minimum Gasteiger partial charge on any atom is -0.492 e. The van der Waals surface area contributed by atoms with Crippen molar-refractivity contribution in [2.75, 3.05) is 27.2 Å². The van der Waals surface area contributed by atoms with Gasteiger partial charge in [0.05, 0.1) is 0 Å². The quantitative estimate of drug-likeness (QED) is 0.786. The lowest BCUT2D eigenvalue weighted by atomic mass is 10.0. The van der Waals surface area contributed by atoms with Gasteiger partial charge in [-0.15, -0.1) is 0 Å². The molecule has 19 heavy (non-hydrogen) atoms. The molecular formula is C17H23NO+2. The fourth-order valence-corrected chi connectivity index (χ4v) is 1.94. The van der Waals surface area contributed by atoms with Crippen LogP contribution < -0.4 is 4.74 Å². The fraction of sp³-hybridized carbons (Fsp3) is 0.294. The number of nitrogens with zero attached hydrogens (tertiary/aromatic N) is 1. The van der Waals surface area contributed by atoms with Crippen LogP contribution in [0, 0.1) is 0 Å². The second-order valence-corrected chi connectivity index (χ2v) is 4.92. The maximum absolute atomic E-state index is 5.88. The predicted molar refractivity (Wildman–Crippen MR) is 82.0 cm³/mol. The molecule has 2 heteroatoms. The van der Waals surface area contributed by atoms with E-state index in [9.17, 15) is 0 Å². The van der Waals surface area contributed by atoms with Crippen LogP contribution in [0.25, 0.3) is 0 Å². The molecule has 2 nitrogen and oxygen atoms in total. The molecule has 2 aromatic rings. The van der Waals surface area contributed by atoms with Gasteiger partial charge in [-0.3, -0.25) is 0 Å². The van der Waals surface area contributed by atoms with Gasteiger partial charge in [0, 0.05) is 13.0 Å². The molecule has 0 aromatic heterocycles. The Morgan fingerprint density at radius 3 is 2.37 bits per heavy atom. The van der Waals surface area contributed by atoms with Gasteiger partial charge in [-0.25, -0.2) is 0 Å². The van der Waals surface area contributed by atoms with Gasteiger partial charge in [0.2, 0.25) is 0 Å². The van der Waals surface area contributed by atoms with Crippen LogP contribution in [0.2, 0.25) is 0 Å². The molecule has 0 heterocycles. The lowest BCUT2D eigenvalue weighted by molar-refractivity contribution is 0.260. The highest BCUT2D eigenvalue weighted by molar-refractivity contribution is 5.37. The van der Waals surface area contributed by atoms with Crippen molar-refractivity contribution in [3.63, 3.8) is 0 Å². The number of para-hydroxylation sites is 1. The summed E-state index contributed by atoms with van der Waals surface area (Å²) in [6, 6.07) is 18.8. The van der Waals surface area contributed by atoms with Gasteiger partial charge in [0.15, 0.2) is 0 Å². The minimum absolute atomic E-state index is 0. The smallest absolute Gasteiger partial charge is 0.492 e. The summed E-state index contributed by atoms with van der Waals surface area (Å²) in [5.41, 5.74) is 2.55. The van der Waals surface area contributed by atoms with Crippen molar-refractivity contribution in [2.24, 2.45) is 0 Å². The number of ether oxygens (including phenoxy) is 1. The summed E-state index contributed by atoms with van der Waals surface area (Å²) < 4.78 is 5.88. The van der Waals surface area contributed by atoms with Crippen molar-refractivity contribution in [1.29, 1.82) is 0 Å². The third kappa shape index (κ3) is 4.42. The van der Waals surface area contributed by atoms with Crippen molar-refractivity contribution in [1.82, 2.24) is 4.90 Å². The molecule has 0 fully saturated rings. The van der Waals surface area contributed by atoms with E-state index in [0.717, 1.165) is 25.3 Å². The molecule has 0 unspecified atom stereocenters. The van der Waals surface area contributed by atoms with Crippen molar-refractivity contribution >= 4 is 0 Å². The average molecular weight is 257 g/mol. The van der Waals surface area contributed by atoms with Gasteiger partial charge in [-0.1, -0.05) is 48.5 Å². The zero-order valence-corrected chi connectivity index (χ0v) is 11.7. The van der Waals surface area contributed by atoms with Crippen molar-refractivity contribution in [2.45, 2.75) is 6.42 Å². The molecule has 2 rings (SSSR count). The van der Waals surface area contributed by atoms with E-state index in [-0.39, 0.29) is 2.85 Å². The Morgan fingerprint density at radius 2 is 1.63 bits per heavy atom. The molecule has 0 amide bonds. The van der Waals surface area contributed by atoms with Gasteiger partial charge < -0.3 is 9.64 Å². The van der Waals surface area contributed by atoms with Crippen LogP contribution in [0.15, 0.2) is 54.6 Å². The standard InChI is InChI=1S/C17H21NO/c1-18(2)12-13-19-17-11-7-6-10-16(17)14-15-8-4-3-5-9-15/h3-11H,12-14H2,1-2H3/p+2. The van der Waals surface area contributed by atoms with E-state index in [2.05, 4.69) is 55.4 Å². The highest BCUT2D eigenvalue weighted by Crippen LogP contribution is 2.21. The molecule has 100 valence electrons. The molecule has 0 aliphatic rings. The molecule has 0 saturated heterocycles. The van der Waals surface area contributed by atoms with Crippen LogP contribution in [0.4, 0.5) is 0 Å². The highest BCUT2D eigenvalue weighted by Gasteiger charge is 2.04. The summed E-state index contributed by atoms with van der Waals surface area (Å²) in [6.07, 6.45) is 0.916. The molecule has 0 aliphatic heterocycles. The maximum atomic E-state index is 5.88. The molecule has 0 aliphatic carbocycles. The molecular weight excluding hydrogens is 234 g/mol. The Bertz CT molecular complexity index is 503. The van der Waals surface area contributed by atoms with Gasteiger partial charge >= 0.3 is 2.85 Å². The van der Waals surface area contributed by atoms with E-state index in [1.807, 2.05) is 18.2 Å². The first-order chi connectivity index (χ1) is 9.25. The number of benzene rings is 2. The first kappa shape index (κ1) is 13.6. The zero-order chi connectivity index (χ0) is 13.5. The molecule has 0 saturated carbocycles. The van der Waals surface area contributed by atoms with Crippen LogP contribution in [-0.2, 0) is 6.42 Å². The van der Waals surface area contributed by atoms with E-state index in [4.69, 9.17) is 4.74 Å². The molecule has 0 atom stereocenters. The Hall–Kier alpha value is -1.80. The second-order valence-electron chi connectivity index (χ2n) is 4.92. The van der Waals surface area contributed by atoms with E-state index < -0.39 is 0 Å². The Balaban J connectivity index is 0.00000200. The fourth-order valence-electron chi connectivity index (χ4n) is 1.94. The highest BCUT2D eigenvalue weighted by atomic mass is 16.5. The first-order valence-electron chi connectivity index (χ1n) is 6.65. The van der Waals surface area contributed by atoms with Crippen LogP contribution >= 0.6 is 0 Å². The van der Waals surface area contributed by atoms with Crippen molar-refractivity contribution < 1.29 is 7.59 Å². The first-order valence-corrected chi connectivity index (χ1v) is 6.65. The van der Waals surface area contributed by atoms with Crippen molar-refractivity contribution in [3.8, 4) is 5.75 Å². The number of hydrogen-bond donors (Lipinski definition) is 0. The third-order valence-electron chi connectivity index (χ3n) is 3.01. The van der Waals surface area contributed by atoms with E-state index >= 15 is 0 Å². The lowest BCUT2D eigenvalue weighted by Gasteiger charge is -2.14. The largest absolute Gasteiger partial charge is 1.00 e. The van der Waals surface area contributed by atoms with E-state index in [1.165, 1.54) is 11.1 Å². The topological polar surface area (TPSA) is 12.5 Å². The Morgan fingerprint density at radius 1 is 0.947 bits per heavy atom. The summed E-state index contributed by atoms with van der Waals surface area (Å²) in [5, 5.41) is 0. The van der Waals surface area contributed by atoms with Crippen LogP contribution in [0.1, 0.15) is 14.0 Å². The lowest BCUT2D eigenvalue weighted by Crippen LogP contribution is -2.19. The normalized spacial score (nSPS) is 10.7. The van der Waals surface area contributed by atoms with Gasteiger partial charge in [0.1, 0.15) is 12.4 Å². The van der Waals surface area contributed by atoms with Crippen LogP contribution in [0.3, 0.4) is 0 Å². The van der Waals surface area contributed by atoms with Crippen LogP contribution in [-0.4, -0.2) is 32.1 Å².